The molecule has 0 aliphatic rings. The molecule has 1 unspecified atom stereocenters. The van der Waals surface area contributed by atoms with Gasteiger partial charge >= 0.3 is 0 Å². The van der Waals surface area contributed by atoms with Crippen LogP contribution in [0.15, 0.2) is 6.07 Å². The maximum absolute atomic E-state index is 11.9. The van der Waals surface area contributed by atoms with Crippen molar-refractivity contribution in [2.45, 2.75) is 47.1 Å². The van der Waals surface area contributed by atoms with E-state index in [1.54, 1.807) is 6.92 Å². The number of nitrogens with one attached hydrogen (secondary N) is 1. The predicted octanol–water partition coefficient (Wildman–Crippen LogP) is 1.95. The van der Waals surface area contributed by atoms with E-state index >= 15 is 0 Å². The molecule has 0 aromatic carbocycles. The third-order valence-corrected chi connectivity index (χ3v) is 3.39. The van der Waals surface area contributed by atoms with E-state index in [9.17, 15) is 4.79 Å². The van der Waals surface area contributed by atoms with Crippen LogP contribution in [0.1, 0.15) is 38.1 Å². The largest absolute Gasteiger partial charge is 0.355 e. The van der Waals surface area contributed by atoms with Gasteiger partial charge in [0.25, 0.3) is 0 Å². The number of nitriles is 1. The van der Waals surface area contributed by atoms with Crippen LogP contribution >= 0.6 is 0 Å². The highest BCUT2D eigenvalue weighted by Crippen LogP contribution is 2.19. The van der Waals surface area contributed by atoms with Gasteiger partial charge in [-0.05, 0) is 39.7 Å². The second kappa shape index (κ2) is 6.37. The highest BCUT2D eigenvalue weighted by molar-refractivity contribution is 5.84. The highest BCUT2D eigenvalue weighted by atomic mass is 16.2. The minimum atomic E-state index is -0.918. The first-order valence-electron chi connectivity index (χ1n) is 6.63. The van der Waals surface area contributed by atoms with Gasteiger partial charge in [0.1, 0.15) is 5.41 Å². The maximum Gasteiger partial charge on any atom is 0.240 e. The minimum absolute atomic E-state index is 0.189. The number of hydrogen-bond donors (Lipinski definition) is 1. The Morgan fingerprint density at radius 3 is 2.74 bits per heavy atom. The van der Waals surface area contributed by atoms with E-state index in [-0.39, 0.29) is 5.91 Å². The molecular formula is C14H22N4O. The van der Waals surface area contributed by atoms with E-state index in [0.717, 1.165) is 24.4 Å². The Morgan fingerprint density at radius 1 is 1.58 bits per heavy atom. The second-order valence-corrected chi connectivity index (χ2v) is 5.06. The number of aromatic nitrogens is 2. The Kier molecular flexibility index (Phi) is 5.11. The highest BCUT2D eigenvalue weighted by Gasteiger charge is 2.30. The second-order valence-electron chi connectivity index (χ2n) is 5.06. The Labute approximate surface area is 114 Å². The van der Waals surface area contributed by atoms with Gasteiger partial charge in [-0.1, -0.05) is 6.92 Å². The molecular weight excluding hydrogens is 240 g/mol. The van der Waals surface area contributed by atoms with Crippen molar-refractivity contribution in [2.24, 2.45) is 5.41 Å². The van der Waals surface area contributed by atoms with E-state index < -0.39 is 5.41 Å². The topological polar surface area (TPSA) is 70.7 Å². The van der Waals surface area contributed by atoms with Crippen molar-refractivity contribution in [1.29, 1.82) is 5.26 Å². The molecule has 5 heteroatoms. The number of hydrogen-bond acceptors (Lipinski definition) is 3. The first kappa shape index (κ1) is 15.2. The van der Waals surface area contributed by atoms with Gasteiger partial charge in [0.2, 0.25) is 5.91 Å². The molecule has 1 N–H and O–H groups in total. The number of carbonyl (C=O) groups is 1. The average molecular weight is 262 g/mol. The van der Waals surface area contributed by atoms with Gasteiger partial charge in [0.05, 0.1) is 11.8 Å². The Hall–Kier alpha value is -1.83. The average Bonchev–Trinajstić information content (AvgIpc) is 2.71. The molecule has 0 fully saturated rings. The lowest BCUT2D eigenvalue weighted by atomic mass is 9.88. The maximum atomic E-state index is 11.9. The molecule has 1 rings (SSSR count). The van der Waals surface area contributed by atoms with Crippen molar-refractivity contribution >= 4 is 5.91 Å². The fraction of sp³-hybridized carbons (Fsp3) is 0.643. The third-order valence-electron chi connectivity index (χ3n) is 3.39. The van der Waals surface area contributed by atoms with Crippen LogP contribution in [0.2, 0.25) is 0 Å². The van der Waals surface area contributed by atoms with Crippen LogP contribution in [0.25, 0.3) is 0 Å². The summed E-state index contributed by atoms with van der Waals surface area (Å²) in [6, 6.07) is 4.10. The van der Waals surface area contributed by atoms with Gasteiger partial charge in [-0.3, -0.25) is 9.48 Å². The van der Waals surface area contributed by atoms with Gasteiger partial charge < -0.3 is 5.32 Å². The van der Waals surface area contributed by atoms with E-state index in [0.29, 0.717) is 13.0 Å². The SMILES string of the molecule is CCC(C)(C#N)C(=O)NCCCn1nc(C)cc1C. The lowest BCUT2D eigenvalue weighted by molar-refractivity contribution is -0.127. The zero-order chi connectivity index (χ0) is 14.5. The summed E-state index contributed by atoms with van der Waals surface area (Å²) in [6.45, 7) is 8.83. The van der Waals surface area contributed by atoms with Crippen LogP contribution in [-0.2, 0) is 11.3 Å². The summed E-state index contributed by atoms with van der Waals surface area (Å²) in [5, 5.41) is 16.2. The fourth-order valence-corrected chi connectivity index (χ4v) is 1.82. The molecule has 104 valence electrons. The molecule has 0 radical (unpaired) electrons. The fourth-order valence-electron chi connectivity index (χ4n) is 1.82. The number of rotatable bonds is 6. The summed E-state index contributed by atoms with van der Waals surface area (Å²) < 4.78 is 1.94. The summed E-state index contributed by atoms with van der Waals surface area (Å²) in [6.07, 6.45) is 1.33. The van der Waals surface area contributed by atoms with E-state index in [4.69, 9.17) is 5.26 Å². The van der Waals surface area contributed by atoms with Crippen LogP contribution in [0.5, 0.6) is 0 Å². The number of carbonyl (C=O) groups excluding carboxylic acids is 1. The number of amides is 1. The van der Waals surface area contributed by atoms with Crippen molar-refractivity contribution in [3.63, 3.8) is 0 Å². The summed E-state index contributed by atoms with van der Waals surface area (Å²) in [5.41, 5.74) is 1.21. The first-order valence-corrected chi connectivity index (χ1v) is 6.63. The molecule has 0 spiro atoms. The van der Waals surface area contributed by atoms with Crippen molar-refractivity contribution in [2.75, 3.05) is 6.54 Å². The Morgan fingerprint density at radius 2 is 2.26 bits per heavy atom. The lowest BCUT2D eigenvalue weighted by Crippen LogP contribution is -2.38. The molecule has 0 saturated heterocycles. The van der Waals surface area contributed by atoms with Crippen LogP contribution in [0, 0.1) is 30.6 Å². The molecule has 5 nitrogen and oxygen atoms in total. The van der Waals surface area contributed by atoms with Crippen molar-refractivity contribution in [3.05, 3.63) is 17.5 Å². The van der Waals surface area contributed by atoms with Crippen molar-refractivity contribution in [3.8, 4) is 6.07 Å². The number of nitrogens with zero attached hydrogens (tertiary/aromatic N) is 3. The van der Waals surface area contributed by atoms with Crippen LogP contribution in [0.4, 0.5) is 0 Å². The summed E-state index contributed by atoms with van der Waals surface area (Å²) >= 11 is 0. The Balaban J connectivity index is 2.38. The number of aryl methyl sites for hydroxylation is 3. The molecule has 1 atom stereocenters. The molecule has 1 aromatic rings. The zero-order valence-electron chi connectivity index (χ0n) is 12.2. The van der Waals surface area contributed by atoms with Gasteiger partial charge in [-0.15, -0.1) is 0 Å². The molecule has 0 aliphatic carbocycles. The molecule has 1 aromatic heterocycles. The van der Waals surface area contributed by atoms with Gasteiger partial charge in [-0.2, -0.15) is 10.4 Å². The summed E-state index contributed by atoms with van der Waals surface area (Å²) in [4.78, 5) is 11.9. The van der Waals surface area contributed by atoms with E-state index in [2.05, 4.69) is 16.5 Å². The van der Waals surface area contributed by atoms with E-state index in [1.807, 2.05) is 31.5 Å². The minimum Gasteiger partial charge on any atom is -0.355 e. The van der Waals surface area contributed by atoms with Gasteiger partial charge in [-0.25, -0.2) is 0 Å². The van der Waals surface area contributed by atoms with Crippen LogP contribution < -0.4 is 5.32 Å². The molecule has 1 heterocycles. The predicted molar refractivity (Wildman–Crippen MR) is 73.3 cm³/mol. The standard InChI is InChI=1S/C14H22N4O/c1-5-14(4,10-15)13(19)16-7-6-8-18-12(3)9-11(2)17-18/h9H,5-8H2,1-4H3,(H,16,19). The zero-order valence-corrected chi connectivity index (χ0v) is 12.2. The van der Waals surface area contributed by atoms with Crippen LogP contribution in [-0.4, -0.2) is 22.2 Å². The molecule has 19 heavy (non-hydrogen) atoms. The lowest BCUT2D eigenvalue weighted by Gasteiger charge is -2.18. The van der Waals surface area contributed by atoms with Gasteiger partial charge in [0, 0.05) is 18.8 Å². The van der Waals surface area contributed by atoms with Crippen LogP contribution in [0.3, 0.4) is 0 Å². The van der Waals surface area contributed by atoms with E-state index in [1.165, 1.54) is 0 Å². The monoisotopic (exact) mass is 262 g/mol. The third kappa shape index (κ3) is 3.82. The molecule has 1 amide bonds. The summed E-state index contributed by atoms with van der Waals surface area (Å²) in [5.74, 6) is -0.189. The van der Waals surface area contributed by atoms with Crippen molar-refractivity contribution in [1.82, 2.24) is 15.1 Å². The quantitative estimate of drug-likeness (QED) is 0.796. The van der Waals surface area contributed by atoms with Gasteiger partial charge in [0.15, 0.2) is 0 Å². The Bertz CT molecular complexity index is 486. The molecule has 0 saturated carbocycles. The molecule has 0 aliphatic heterocycles. The van der Waals surface area contributed by atoms with Crippen molar-refractivity contribution < 1.29 is 4.79 Å². The normalized spacial score (nSPS) is 13.6. The first-order chi connectivity index (χ1) is 8.92. The molecule has 0 bridgehead atoms. The summed E-state index contributed by atoms with van der Waals surface area (Å²) in [7, 11) is 0. The smallest absolute Gasteiger partial charge is 0.240 e.